The molecular weight excluding hydrogens is 318 g/mol. The van der Waals surface area contributed by atoms with E-state index in [4.69, 9.17) is 4.74 Å². The van der Waals surface area contributed by atoms with Gasteiger partial charge in [0.1, 0.15) is 5.82 Å². The van der Waals surface area contributed by atoms with Crippen LogP contribution in [0.4, 0.5) is 5.82 Å². The third-order valence-corrected chi connectivity index (χ3v) is 4.91. The van der Waals surface area contributed by atoms with E-state index in [0.717, 1.165) is 51.5 Å². The summed E-state index contributed by atoms with van der Waals surface area (Å²) in [5, 5.41) is 4.32. The lowest BCUT2D eigenvalue weighted by molar-refractivity contribution is 0.0672. The molecule has 0 spiro atoms. The van der Waals surface area contributed by atoms with E-state index in [1.807, 2.05) is 34.0 Å². The monoisotopic (exact) mass is 341 g/mol. The molecule has 0 aromatic carbocycles. The lowest BCUT2D eigenvalue weighted by Gasteiger charge is -2.33. The summed E-state index contributed by atoms with van der Waals surface area (Å²) in [5.74, 6) is 0.964. The lowest BCUT2D eigenvalue weighted by Crippen LogP contribution is -2.41. The van der Waals surface area contributed by atoms with E-state index < -0.39 is 0 Å². The first-order valence-corrected chi connectivity index (χ1v) is 8.88. The van der Waals surface area contributed by atoms with Crippen molar-refractivity contribution < 1.29 is 9.53 Å². The second-order valence-corrected chi connectivity index (χ2v) is 6.54. The molecule has 2 fully saturated rings. The predicted octanol–water partition coefficient (Wildman–Crippen LogP) is 1.59. The molecule has 0 unspecified atom stereocenters. The number of rotatable bonds is 3. The summed E-state index contributed by atoms with van der Waals surface area (Å²) in [6.07, 6.45) is 7.51. The lowest BCUT2D eigenvalue weighted by atomic mass is 10.0. The number of piperidine rings is 1. The van der Waals surface area contributed by atoms with Crippen LogP contribution in [0.5, 0.6) is 0 Å². The zero-order valence-corrected chi connectivity index (χ0v) is 14.3. The number of hydrogen-bond acceptors (Lipinski definition) is 5. The van der Waals surface area contributed by atoms with Gasteiger partial charge in [-0.2, -0.15) is 5.10 Å². The average Bonchev–Trinajstić information content (AvgIpc) is 3.23. The van der Waals surface area contributed by atoms with E-state index >= 15 is 0 Å². The third-order valence-electron chi connectivity index (χ3n) is 4.91. The highest BCUT2D eigenvalue weighted by molar-refractivity contribution is 5.94. The number of morpholine rings is 1. The summed E-state index contributed by atoms with van der Waals surface area (Å²) in [6, 6.07) is 6.01. The summed E-state index contributed by atoms with van der Waals surface area (Å²) in [7, 11) is 0. The minimum Gasteiger partial charge on any atom is -0.378 e. The number of pyridine rings is 1. The zero-order valence-electron chi connectivity index (χ0n) is 14.3. The van der Waals surface area contributed by atoms with Gasteiger partial charge in [-0.05, 0) is 31.0 Å². The van der Waals surface area contributed by atoms with Crippen LogP contribution in [-0.4, -0.2) is 65.0 Å². The first kappa shape index (κ1) is 16.1. The molecule has 1 amide bonds. The van der Waals surface area contributed by atoms with Crippen LogP contribution in [0.2, 0.25) is 0 Å². The molecule has 7 heteroatoms. The Morgan fingerprint density at radius 3 is 2.80 bits per heavy atom. The number of carbonyl (C=O) groups excluding carboxylic acids is 1. The highest BCUT2D eigenvalue weighted by Crippen LogP contribution is 2.22. The highest BCUT2D eigenvalue weighted by atomic mass is 16.5. The number of anilines is 1. The van der Waals surface area contributed by atoms with Gasteiger partial charge in [0.05, 0.1) is 24.8 Å². The normalized spacial score (nSPS) is 21.4. The fourth-order valence-electron chi connectivity index (χ4n) is 3.53. The van der Waals surface area contributed by atoms with E-state index in [0.29, 0.717) is 12.1 Å². The number of nitrogens with zero attached hydrogens (tertiary/aromatic N) is 5. The van der Waals surface area contributed by atoms with Crippen LogP contribution in [0, 0.1) is 0 Å². The molecule has 132 valence electrons. The molecule has 2 aliphatic heterocycles. The minimum absolute atomic E-state index is 0.0536. The molecule has 2 aliphatic rings. The number of aromatic nitrogens is 3. The molecule has 1 atom stereocenters. The molecule has 4 heterocycles. The van der Waals surface area contributed by atoms with Crippen molar-refractivity contribution in [1.82, 2.24) is 19.7 Å². The maximum atomic E-state index is 12.8. The van der Waals surface area contributed by atoms with Crippen molar-refractivity contribution in [1.29, 1.82) is 0 Å². The Balaban J connectivity index is 1.43. The summed E-state index contributed by atoms with van der Waals surface area (Å²) in [4.78, 5) is 21.4. The van der Waals surface area contributed by atoms with Crippen molar-refractivity contribution >= 4 is 11.7 Å². The molecule has 0 bridgehead atoms. The predicted molar refractivity (Wildman–Crippen MR) is 93.7 cm³/mol. The Hall–Kier alpha value is -2.41. The standard InChI is InChI=1S/C18H23N5O2/c24-18(22-7-1-3-16(14-22)23-8-2-6-20-23)15-4-5-17(19-13-15)21-9-11-25-12-10-21/h2,4-6,8,13,16H,1,3,7,9-12,14H2/t16-/m0/s1. The number of ether oxygens (including phenoxy) is 1. The summed E-state index contributed by atoms with van der Waals surface area (Å²) in [6.45, 7) is 4.64. The Kier molecular flexibility index (Phi) is 4.65. The minimum atomic E-state index is 0.0536. The smallest absolute Gasteiger partial charge is 0.255 e. The van der Waals surface area contributed by atoms with Gasteiger partial charge < -0.3 is 14.5 Å². The van der Waals surface area contributed by atoms with Crippen LogP contribution >= 0.6 is 0 Å². The average molecular weight is 341 g/mol. The van der Waals surface area contributed by atoms with Crippen LogP contribution in [0.1, 0.15) is 29.2 Å². The van der Waals surface area contributed by atoms with Gasteiger partial charge in [0.25, 0.3) is 5.91 Å². The molecule has 0 aliphatic carbocycles. The van der Waals surface area contributed by atoms with Crippen LogP contribution in [0.15, 0.2) is 36.8 Å². The summed E-state index contributed by atoms with van der Waals surface area (Å²) >= 11 is 0. The molecule has 2 aromatic rings. The van der Waals surface area contributed by atoms with Crippen molar-refractivity contribution in [2.24, 2.45) is 0 Å². The SMILES string of the molecule is O=C(c1ccc(N2CCOCC2)nc1)N1CCC[C@H](n2cccn2)C1. The zero-order chi connectivity index (χ0) is 17.1. The van der Waals surface area contributed by atoms with Crippen molar-refractivity contribution in [2.75, 3.05) is 44.3 Å². The van der Waals surface area contributed by atoms with Gasteiger partial charge in [-0.15, -0.1) is 0 Å². The topological polar surface area (TPSA) is 63.5 Å². The maximum absolute atomic E-state index is 12.8. The fourth-order valence-corrected chi connectivity index (χ4v) is 3.53. The highest BCUT2D eigenvalue weighted by Gasteiger charge is 2.26. The fraction of sp³-hybridized carbons (Fsp3) is 0.500. The first-order valence-electron chi connectivity index (χ1n) is 8.88. The van der Waals surface area contributed by atoms with E-state index in [-0.39, 0.29) is 11.9 Å². The van der Waals surface area contributed by atoms with E-state index in [2.05, 4.69) is 15.0 Å². The second kappa shape index (κ2) is 7.23. The molecule has 4 rings (SSSR count). The third kappa shape index (κ3) is 3.51. The second-order valence-electron chi connectivity index (χ2n) is 6.54. The molecular formula is C18H23N5O2. The van der Waals surface area contributed by atoms with Crippen molar-refractivity contribution in [3.05, 3.63) is 42.4 Å². The van der Waals surface area contributed by atoms with Crippen molar-refractivity contribution in [2.45, 2.75) is 18.9 Å². The van der Waals surface area contributed by atoms with Gasteiger partial charge in [-0.25, -0.2) is 4.98 Å². The molecule has 25 heavy (non-hydrogen) atoms. The van der Waals surface area contributed by atoms with Gasteiger partial charge in [0.15, 0.2) is 0 Å². The van der Waals surface area contributed by atoms with Crippen LogP contribution in [-0.2, 0) is 4.74 Å². The molecule has 2 aromatic heterocycles. The molecule has 7 nitrogen and oxygen atoms in total. The largest absolute Gasteiger partial charge is 0.378 e. The summed E-state index contributed by atoms with van der Waals surface area (Å²) < 4.78 is 7.32. The Labute approximate surface area is 147 Å². The molecule has 2 saturated heterocycles. The van der Waals surface area contributed by atoms with Crippen molar-refractivity contribution in [3.63, 3.8) is 0 Å². The van der Waals surface area contributed by atoms with E-state index in [1.165, 1.54) is 0 Å². The van der Waals surface area contributed by atoms with Gasteiger partial charge in [-0.1, -0.05) is 0 Å². The van der Waals surface area contributed by atoms with Crippen molar-refractivity contribution in [3.8, 4) is 0 Å². The number of amides is 1. The van der Waals surface area contributed by atoms with Gasteiger partial charge in [0.2, 0.25) is 0 Å². The van der Waals surface area contributed by atoms with Gasteiger partial charge in [0, 0.05) is 44.8 Å². The van der Waals surface area contributed by atoms with Crippen LogP contribution in [0.25, 0.3) is 0 Å². The van der Waals surface area contributed by atoms with Gasteiger partial charge in [-0.3, -0.25) is 9.48 Å². The summed E-state index contributed by atoms with van der Waals surface area (Å²) in [5.41, 5.74) is 0.651. The number of carbonyl (C=O) groups is 1. The van der Waals surface area contributed by atoms with Gasteiger partial charge >= 0.3 is 0 Å². The number of likely N-dealkylation sites (tertiary alicyclic amines) is 1. The molecule has 0 radical (unpaired) electrons. The molecule has 0 saturated carbocycles. The number of hydrogen-bond donors (Lipinski definition) is 0. The molecule has 0 N–H and O–H groups in total. The quantitative estimate of drug-likeness (QED) is 0.848. The Bertz CT molecular complexity index is 695. The van der Waals surface area contributed by atoms with E-state index in [9.17, 15) is 4.79 Å². The first-order chi connectivity index (χ1) is 12.3. The maximum Gasteiger partial charge on any atom is 0.255 e. The van der Waals surface area contributed by atoms with Crippen LogP contribution in [0.3, 0.4) is 0 Å². The Morgan fingerprint density at radius 2 is 2.08 bits per heavy atom. The Morgan fingerprint density at radius 1 is 1.20 bits per heavy atom. The van der Waals surface area contributed by atoms with Crippen LogP contribution < -0.4 is 4.90 Å². The van der Waals surface area contributed by atoms with E-state index in [1.54, 1.807) is 12.4 Å².